The Balaban J connectivity index is 2.32. The van der Waals surface area contributed by atoms with Gasteiger partial charge < -0.3 is 15.4 Å². The molecular weight excluding hydrogens is 354 g/mol. The first-order valence-corrected chi connectivity index (χ1v) is 7.63. The molecule has 1 amide bonds. The number of nitro benzene ring substituents is 1. The van der Waals surface area contributed by atoms with Gasteiger partial charge in [-0.05, 0) is 55.3 Å². The Kier molecular flexibility index (Phi) is 6.61. The highest BCUT2D eigenvalue weighted by atomic mass is 79.9. The number of hydrogen-bond donors (Lipinski definition) is 2. The summed E-state index contributed by atoms with van der Waals surface area (Å²) in [5, 5.41) is 16.5. The molecule has 22 heavy (non-hydrogen) atoms. The third kappa shape index (κ3) is 6.75. The number of nitrogens with zero attached hydrogens (tertiary/aromatic N) is 1. The molecule has 1 aromatic rings. The van der Waals surface area contributed by atoms with Crippen LogP contribution in [-0.4, -0.2) is 29.7 Å². The molecule has 0 aliphatic carbocycles. The van der Waals surface area contributed by atoms with Crippen molar-refractivity contribution in [1.29, 1.82) is 0 Å². The van der Waals surface area contributed by atoms with Crippen LogP contribution in [-0.2, 0) is 4.74 Å². The largest absolute Gasteiger partial charge is 0.444 e. The summed E-state index contributed by atoms with van der Waals surface area (Å²) < 4.78 is 5.55. The number of nitro groups is 1. The quantitative estimate of drug-likeness (QED) is 0.450. The molecule has 0 bridgehead atoms. The fraction of sp³-hybridized carbons (Fsp3) is 0.500. The zero-order valence-corrected chi connectivity index (χ0v) is 14.4. The molecule has 0 unspecified atom stereocenters. The molecule has 0 fully saturated rings. The lowest BCUT2D eigenvalue weighted by atomic mass is 10.2. The molecule has 0 spiro atoms. The van der Waals surface area contributed by atoms with Crippen LogP contribution in [0, 0.1) is 10.1 Å². The molecule has 122 valence electrons. The summed E-state index contributed by atoms with van der Waals surface area (Å²) in [6.45, 7) is 6.44. The molecular formula is C14H20BrN3O4. The van der Waals surface area contributed by atoms with Crippen molar-refractivity contribution in [2.75, 3.05) is 18.4 Å². The predicted molar refractivity (Wildman–Crippen MR) is 88.1 cm³/mol. The lowest BCUT2D eigenvalue weighted by molar-refractivity contribution is -0.385. The Hall–Kier alpha value is -1.83. The molecule has 0 saturated heterocycles. The van der Waals surface area contributed by atoms with Gasteiger partial charge in [0.25, 0.3) is 5.69 Å². The zero-order chi connectivity index (χ0) is 16.8. The van der Waals surface area contributed by atoms with Crippen LogP contribution in [0.2, 0.25) is 0 Å². The molecule has 0 saturated carbocycles. The summed E-state index contributed by atoms with van der Waals surface area (Å²) in [5.41, 5.74) is 0.155. The van der Waals surface area contributed by atoms with Gasteiger partial charge in [-0.1, -0.05) is 0 Å². The van der Waals surface area contributed by atoms with Gasteiger partial charge in [-0.15, -0.1) is 0 Å². The van der Waals surface area contributed by atoms with Gasteiger partial charge >= 0.3 is 6.09 Å². The van der Waals surface area contributed by atoms with Crippen molar-refractivity contribution in [2.45, 2.75) is 32.8 Å². The second-order valence-corrected chi connectivity index (χ2v) is 6.49. The summed E-state index contributed by atoms with van der Waals surface area (Å²) in [6, 6.07) is 4.84. The van der Waals surface area contributed by atoms with Crippen LogP contribution in [0.4, 0.5) is 16.2 Å². The van der Waals surface area contributed by atoms with Crippen molar-refractivity contribution < 1.29 is 14.5 Å². The van der Waals surface area contributed by atoms with Gasteiger partial charge in [-0.2, -0.15) is 0 Å². The summed E-state index contributed by atoms with van der Waals surface area (Å²) in [5.74, 6) is 0. The van der Waals surface area contributed by atoms with Crippen molar-refractivity contribution in [1.82, 2.24) is 5.32 Å². The molecule has 0 heterocycles. The van der Waals surface area contributed by atoms with E-state index in [4.69, 9.17) is 4.74 Å². The van der Waals surface area contributed by atoms with Gasteiger partial charge in [0.15, 0.2) is 0 Å². The number of rotatable bonds is 6. The first kappa shape index (κ1) is 18.2. The van der Waals surface area contributed by atoms with Gasteiger partial charge in [-0.3, -0.25) is 10.1 Å². The van der Waals surface area contributed by atoms with E-state index in [-0.39, 0.29) is 5.69 Å². The summed E-state index contributed by atoms with van der Waals surface area (Å²) >= 11 is 3.13. The number of alkyl carbamates (subject to hydrolysis) is 1. The van der Waals surface area contributed by atoms with E-state index in [0.29, 0.717) is 29.7 Å². The van der Waals surface area contributed by atoms with E-state index in [1.807, 2.05) is 0 Å². The predicted octanol–water partition coefficient (Wildman–Crippen LogP) is 3.68. The topological polar surface area (TPSA) is 93.5 Å². The maximum Gasteiger partial charge on any atom is 0.407 e. The smallest absolute Gasteiger partial charge is 0.407 e. The van der Waals surface area contributed by atoms with Gasteiger partial charge in [0.1, 0.15) is 5.60 Å². The van der Waals surface area contributed by atoms with Gasteiger partial charge in [0, 0.05) is 24.8 Å². The van der Waals surface area contributed by atoms with Crippen LogP contribution >= 0.6 is 15.9 Å². The highest BCUT2D eigenvalue weighted by Crippen LogP contribution is 2.27. The Labute approximate surface area is 137 Å². The first-order chi connectivity index (χ1) is 10.2. The molecule has 0 aromatic heterocycles. The standard InChI is InChI=1S/C14H20BrN3O4/c1-14(2,3)22-13(19)17-8-4-7-16-10-5-6-11(15)12(9-10)18(20)21/h5-6,9,16H,4,7-8H2,1-3H3,(H,17,19). The average molecular weight is 374 g/mol. The molecule has 2 N–H and O–H groups in total. The molecule has 0 aliphatic heterocycles. The zero-order valence-electron chi connectivity index (χ0n) is 12.8. The molecule has 0 radical (unpaired) electrons. The number of hydrogen-bond acceptors (Lipinski definition) is 5. The van der Waals surface area contributed by atoms with Crippen molar-refractivity contribution >= 4 is 33.4 Å². The Morgan fingerprint density at radius 3 is 2.64 bits per heavy atom. The van der Waals surface area contributed by atoms with E-state index < -0.39 is 16.6 Å². The van der Waals surface area contributed by atoms with Crippen LogP contribution < -0.4 is 10.6 Å². The number of nitrogens with one attached hydrogen (secondary N) is 2. The highest BCUT2D eigenvalue weighted by Gasteiger charge is 2.15. The Morgan fingerprint density at radius 1 is 1.36 bits per heavy atom. The lowest BCUT2D eigenvalue weighted by Gasteiger charge is -2.19. The maximum atomic E-state index is 11.4. The number of halogens is 1. The van der Waals surface area contributed by atoms with E-state index in [1.165, 1.54) is 6.07 Å². The molecule has 1 rings (SSSR count). The molecule has 0 aliphatic rings. The van der Waals surface area contributed by atoms with Crippen LogP contribution in [0.15, 0.2) is 22.7 Å². The number of carbonyl (C=O) groups excluding carboxylic acids is 1. The highest BCUT2D eigenvalue weighted by molar-refractivity contribution is 9.10. The van der Waals surface area contributed by atoms with Crippen LogP contribution in [0.5, 0.6) is 0 Å². The van der Waals surface area contributed by atoms with Crippen molar-refractivity contribution in [3.63, 3.8) is 0 Å². The second kappa shape index (κ2) is 7.98. The van der Waals surface area contributed by atoms with Crippen molar-refractivity contribution in [3.8, 4) is 0 Å². The SMILES string of the molecule is CC(C)(C)OC(=O)NCCCNc1ccc(Br)c([N+](=O)[O-])c1. The molecule has 0 atom stereocenters. The number of carbonyl (C=O) groups is 1. The minimum absolute atomic E-state index is 0.0110. The Bertz CT molecular complexity index is 543. The van der Waals surface area contributed by atoms with Crippen LogP contribution in [0.25, 0.3) is 0 Å². The van der Waals surface area contributed by atoms with Crippen LogP contribution in [0.3, 0.4) is 0 Å². The van der Waals surface area contributed by atoms with E-state index in [0.717, 1.165) is 0 Å². The monoisotopic (exact) mass is 373 g/mol. The minimum Gasteiger partial charge on any atom is -0.444 e. The number of amides is 1. The van der Waals surface area contributed by atoms with Gasteiger partial charge in [-0.25, -0.2) is 4.79 Å². The molecule has 8 heteroatoms. The fourth-order valence-corrected chi connectivity index (χ4v) is 1.98. The third-order valence-corrected chi connectivity index (χ3v) is 3.16. The average Bonchev–Trinajstić information content (AvgIpc) is 2.37. The number of benzene rings is 1. The first-order valence-electron chi connectivity index (χ1n) is 6.84. The minimum atomic E-state index is -0.515. The van der Waals surface area contributed by atoms with E-state index >= 15 is 0 Å². The fourth-order valence-electron chi connectivity index (χ4n) is 1.59. The van der Waals surface area contributed by atoms with Gasteiger partial charge in [0.05, 0.1) is 9.40 Å². The van der Waals surface area contributed by atoms with Crippen molar-refractivity contribution in [2.24, 2.45) is 0 Å². The Morgan fingerprint density at radius 2 is 2.05 bits per heavy atom. The summed E-state index contributed by atoms with van der Waals surface area (Å²) in [4.78, 5) is 21.8. The van der Waals surface area contributed by atoms with Gasteiger partial charge in [0.2, 0.25) is 0 Å². The van der Waals surface area contributed by atoms with Crippen molar-refractivity contribution in [3.05, 3.63) is 32.8 Å². The summed E-state index contributed by atoms with van der Waals surface area (Å²) in [6.07, 6.45) is 0.218. The van der Waals surface area contributed by atoms with E-state index in [2.05, 4.69) is 26.6 Å². The normalized spacial score (nSPS) is 10.9. The number of ether oxygens (including phenoxy) is 1. The van der Waals surface area contributed by atoms with E-state index in [9.17, 15) is 14.9 Å². The molecule has 7 nitrogen and oxygen atoms in total. The lowest BCUT2D eigenvalue weighted by Crippen LogP contribution is -2.33. The summed E-state index contributed by atoms with van der Waals surface area (Å²) in [7, 11) is 0. The molecule has 1 aromatic carbocycles. The van der Waals surface area contributed by atoms with Crippen LogP contribution in [0.1, 0.15) is 27.2 Å². The second-order valence-electron chi connectivity index (χ2n) is 5.63. The maximum absolute atomic E-state index is 11.4. The number of anilines is 1. The van der Waals surface area contributed by atoms with E-state index in [1.54, 1.807) is 32.9 Å². The third-order valence-electron chi connectivity index (χ3n) is 2.49.